The maximum Gasteiger partial charge on any atom is 0.126 e. The van der Waals surface area contributed by atoms with Crippen LogP contribution < -0.4 is 0 Å². The van der Waals surface area contributed by atoms with E-state index < -0.39 is 0 Å². The molecule has 2 aromatic heterocycles. The van der Waals surface area contributed by atoms with Gasteiger partial charge in [0.25, 0.3) is 0 Å². The number of nitrogens with zero attached hydrogens (tertiary/aromatic N) is 1. The molecule has 0 atom stereocenters. The number of rotatable bonds is 2. The zero-order valence-corrected chi connectivity index (χ0v) is 10.3. The Balaban J connectivity index is 2.06. The summed E-state index contributed by atoms with van der Waals surface area (Å²) in [7, 11) is 2.03. The van der Waals surface area contributed by atoms with Crippen molar-refractivity contribution >= 4 is 21.6 Å². The summed E-state index contributed by atoms with van der Waals surface area (Å²) in [6.45, 7) is 0. The van der Waals surface area contributed by atoms with Gasteiger partial charge in [-0.15, -0.1) is 11.3 Å². The Morgan fingerprint density at radius 1 is 1.18 bits per heavy atom. The minimum atomic E-state index is -0.124. The van der Waals surface area contributed by atoms with Crippen molar-refractivity contribution in [2.45, 2.75) is 6.42 Å². The molecule has 1 nitrogen and oxygen atoms in total. The maximum absolute atomic E-state index is 13.6. The van der Waals surface area contributed by atoms with E-state index in [4.69, 9.17) is 0 Å². The molecule has 0 saturated carbocycles. The molecule has 0 N–H and O–H groups in total. The lowest BCUT2D eigenvalue weighted by atomic mass is 10.1. The zero-order chi connectivity index (χ0) is 11.8. The lowest BCUT2D eigenvalue weighted by Gasteiger charge is -2.00. The van der Waals surface area contributed by atoms with Crippen molar-refractivity contribution in [3.05, 3.63) is 58.9 Å². The second kappa shape index (κ2) is 4.00. The second-order valence-electron chi connectivity index (χ2n) is 4.17. The molecule has 3 rings (SSSR count). The smallest absolute Gasteiger partial charge is 0.126 e. The fourth-order valence-electron chi connectivity index (χ4n) is 2.16. The van der Waals surface area contributed by atoms with E-state index >= 15 is 0 Å². The molecule has 0 aliphatic carbocycles. The van der Waals surface area contributed by atoms with Gasteiger partial charge < -0.3 is 4.57 Å². The summed E-state index contributed by atoms with van der Waals surface area (Å²) < 4.78 is 17.0. The summed E-state index contributed by atoms with van der Waals surface area (Å²) in [4.78, 5) is 0. The summed E-state index contributed by atoms with van der Waals surface area (Å²) in [6.07, 6.45) is 2.75. The van der Waals surface area contributed by atoms with E-state index in [1.54, 1.807) is 17.4 Å². The van der Waals surface area contributed by atoms with Crippen LogP contribution in [0.1, 0.15) is 11.1 Å². The van der Waals surface area contributed by atoms with Crippen molar-refractivity contribution in [1.29, 1.82) is 0 Å². The highest BCUT2D eigenvalue weighted by Gasteiger charge is 2.10. The molecule has 0 unspecified atom stereocenters. The van der Waals surface area contributed by atoms with Crippen molar-refractivity contribution in [2.75, 3.05) is 0 Å². The Morgan fingerprint density at radius 3 is 2.82 bits per heavy atom. The van der Waals surface area contributed by atoms with Crippen LogP contribution in [0, 0.1) is 5.82 Å². The van der Waals surface area contributed by atoms with Crippen LogP contribution in [-0.2, 0) is 13.5 Å². The molecule has 0 aliphatic heterocycles. The average molecular weight is 245 g/mol. The fourth-order valence-corrected chi connectivity index (χ4v) is 3.10. The molecule has 17 heavy (non-hydrogen) atoms. The van der Waals surface area contributed by atoms with Crippen LogP contribution in [0.3, 0.4) is 0 Å². The van der Waals surface area contributed by atoms with Gasteiger partial charge in [0, 0.05) is 19.7 Å². The average Bonchev–Trinajstić information content (AvgIpc) is 2.88. The second-order valence-corrected chi connectivity index (χ2v) is 5.08. The number of hydrogen-bond donors (Lipinski definition) is 0. The van der Waals surface area contributed by atoms with Crippen molar-refractivity contribution in [3.8, 4) is 0 Å². The number of halogens is 1. The molecular weight excluding hydrogens is 233 g/mol. The van der Waals surface area contributed by atoms with Gasteiger partial charge in [0.05, 0.1) is 10.2 Å². The van der Waals surface area contributed by atoms with Crippen molar-refractivity contribution < 1.29 is 4.39 Å². The van der Waals surface area contributed by atoms with E-state index in [0.29, 0.717) is 6.42 Å². The third-order valence-corrected chi connectivity index (χ3v) is 3.98. The Labute approximate surface area is 103 Å². The van der Waals surface area contributed by atoms with E-state index in [9.17, 15) is 4.39 Å². The lowest BCUT2D eigenvalue weighted by molar-refractivity contribution is 0.614. The van der Waals surface area contributed by atoms with Crippen LogP contribution in [-0.4, -0.2) is 4.57 Å². The summed E-state index contributed by atoms with van der Waals surface area (Å²) in [5.74, 6) is -0.124. The Hall–Kier alpha value is -1.61. The van der Waals surface area contributed by atoms with Crippen LogP contribution in [0.2, 0.25) is 0 Å². The lowest BCUT2D eigenvalue weighted by Crippen LogP contribution is -1.91. The third kappa shape index (κ3) is 1.76. The molecule has 0 saturated heterocycles. The molecule has 0 bridgehead atoms. The van der Waals surface area contributed by atoms with Gasteiger partial charge in [-0.2, -0.15) is 0 Å². The van der Waals surface area contributed by atoms with Crippen molar-refractivity contribution in [1.82, 2.24) is 4.57 Å². The number of thiophene rings is 1. The number of hydrogen-bond acceptors (Lipinski definition) is 1. The van der Waals surface area contributed by atoms with Gasteiger partial charge in [0.15, 0.2) is 0 Å². The number of aromatic nitrogens is 1. The van der Waals surface area contributed by atoms with Crippen LogP contribution in [0.15, 0.2) is 41.9 Å². The summed E-state index contributed by atoms with van der Waals surface area (Å²) in [6, 6.07) is 9.08. The summed E-state index contributed by atoms with van der Waals surface area (Å²) in [5.41, 5.74) is 3.18. The van der Waals surface area contributed by atoms with Crippen LogP contribution in [0.5, 0.6) is 0 Å². The zero-order valence-electron chi connectivity index (χ0n) is 9.48. The van der Waals surface area contributed by atoms with E-state index in [1.807, 2.05) is 19.2 Å². The monoisotopic (exact) mass is 245 g/mol. The van der Waals surface area contributed by atoms with E-state index in [1.165, 1.54) is 21.8 Å². The van der Waals surface area contributed by atoms with Gasteiger partial charge in [-0.05, 0) is 28.6 Å². The molecule has 0 radical (unpaired) electrons. The molecule has 0 spiro atoms. The summed E-state index contributed by atoms with van der Waals surface area (Å²) >= 11 is 1.72. The van der Waals surface area contributed by atoms with Gasteiger partial charge in [-0.3, -0.25) is 0 Å². The van der Waals surface area contributed by atoms with Crippen LogP contribution in [0.4, 0.5) is 4.39 Å². The minimum absolute atomic E-state index is 0.124. The Kier molecular flexibility index (Phi) is 2.48. The molecule has 0 fully saturated rings. The molecule has 86 valence electrons. The van der Waals surface area contributed by atoms with Crippen molar-refractivity contribution in [2.24, 2.45) is 7.05 Å². The maximum atomic E-state index is 13.6. The number of aryl methyl sites for hydroxylation is 1. The topological polar surface area (TPSA) is 4.93 Å². The number of fused-ring (bicyclic) bond motifs is 1. The first kappa shape index (κ1) is 10.5. The first-order chi connectivity index (χ1) is 8.25. The SMILES string of the molecule is Cn1cc(Cc2ccccc2F)c2sccc21. The predicted octanol–water partition coefficient (Wildman–Crippen LogP) is 3.97. The van der Waals surface area contributed by atoms with Gasteiger partial charge >= 0.3 is 0 Å². The molecule has 3 aromatic rings. The molecule has 2 heterocycles. The number of benzene rings is 1. The first-order valence-corrected chi connectivity index (χ1v) is 6.38. The largest absolute Gasteiger partial charge is 0.350 e. The van der Waals surface area contributed by atoms with Gasteiger partial charge in [-0.25, -0.2) is 4.39 Å². The van der Waals surface area contributed by atoms with Crippen LogP contribution >= 0.6 is 11.3 Å². The van der Waals surface area contributed by atoms with Crippen LogP contribution in [0.25, 0.3) is 10.2 Å². The standard InChI is InChI=1S/C14H12FNS/c1-16-9-11(14-13(16)6-7-17-14)8-10-4-2-3-5-12(10)15/h2-7,9H,8H2,1H3. The molecule has 3 heteroatoms. The summed E-state index contributed by atoms with van der Waals surface area (Å²) in [5, 5.41) is 2.08. The molecular formula is C14H12FNS. The van der Waals surface area contributed by atoms with Gasteiger partial charge in [0.2, 0.25) is 0 Å². The minimum Gasteiger partial charge on any atom is -0.350 e. The first-order valence-electron chi connectivity index (χ1n) is 5.50. The van der Waals surface area contributed by atoms with Gasteiger partial charge in [0.1, 0.15) is 5.82 Å². The fraction of sp³-hybridized carbons (Fsp3) is 0.143. The molecule has 0 amide bonds. The van der Waals surface area contributed by atoms with E-state index in [-0.39, 0.29) is 5.82 Å². The molecule has 1 aromatic carbocycles. The third-order valence-electron chi connectivity index (χ3n) is 3.00. The highest BCUT2D eigenvalue weighted by molar-refractivity contribution is 7.17. The van der Waals surface area contributed by atoms with Crippen molar-refractivity contribution in [3.63, 3.8) is 0 Å². The Bertz CT molecular complexity index is 666. The van der Waals surface area contributed by atoms with Gasteiger partial charge in [-0.1, -0.05) is 18.2 Å². The quantitative estimate of drug-likeness (QED) is 0.644. The van der Waals surface area contributed by atoms with E-state index in [0.717, 1.165) is 5.56 Å². The normalized spacial score (nSPS) is 11.2. The highest BCUT2D eigenvalue weighted by atomic mass is 32.1. The van der Waals surface area contributed by atoms with E-state index in [2.05, 4.69) is 22.2 Å². The predicted molar refractivity (Wildman–Crippen MR) is 70.0 cm³/mol. The highest BCUT2D eigenvalue weighted by Crippen LogP contribution is 2.28. The Morgan fingerprint density at radius 2 is 2.00 bits per heavy atom. The molecule has 0 aliphatic rings.